The highest BCUT2D eigenvalue weighted by Crippen LogP contribution is 2.43. The number of guanidine groups is 1. The summed E-state index contributed by atoms with van der Waals surface area (Å²) in [6, 6.07) is 22.8. The summed E-state index contributed by atoms with van der Waals surface area (Å²) < 4.78 is 24.4. The van der Waals surface area contributed by atoms with Crippen LogP contribution < -0.4 is 10.2 Å². The SMILES string of the molecule is CN1C(=O)c2c(nn(Cc3ccc(-c4cccc(F)n4)cc3)c2Nc2ccccc2)N2C1=NC1CCCC12.O=P(O)(O)O. The van der Waals surface area contributed by atoms with Crippen molar-refractivity contribution in [1.82, 2.24) is 19.7 Å². The number of pyridine rings is 1. The number of rotatable bonds is 5. The summed E-state index contributed by atoms with van der Waals surface area (Å²) in [6.07, 6.45) is 3.19. The number of aliphatic imine (C=N–C) groups is 1. The van der Waals surface area contributed by atoms with Crippen molar-refractivity contribution in [1.29, 1.82) is 0 Å². The molecule has 14 heteroatoms. The second-order valence-electron chi connectivity index (χ2n) is 10.5. The molecule has 0 spiro atoms. The summed E-state index contributed by atoms with van der Waals surface area (Å²) >= 11 is 0. The highest BCUT2D eigenvalue weighted by molar-refractivity contribution is 7.45. The van der Waals surface area contributed by atoms with Crippen LogP contribution in [0.15, 0.2) is 77.8 Å². The minimum atomic E-state index is -4.64. The van der Waals surface area contributed by atoms with Crippen molar-refractivity contribution in [3.63, 3.8) is 0 Å². The van der Waals surface area contributed by atoms with Gasteiger partial charge in [-0.1, -0.05) is 48.5 Å². The molecule has 2 aromatic heterocycles. The summed E-state index contributed by atoms with van der Waals surface area (Å²) in [6.45, 7) is 0.449. The van der Waals surface area contributed by atoms with Gasteiger partial charge in [0.1, 0.15) is 11.4 Å². The molecule has 43 heavy (non-hydrogen) atoms. The second kappa shape index (κ2) is 11.3. The van der Waals surface area contributed by atoms with Crippen LogP contribution in [0, 0.1) is 5.95 Å². The molecule has 3 aliphatic rings. The lowest BCUT2D eigenvalue weighted by Gasteiger charge is -2.34. The first-order valence-corrected chi connectivity index (χ1v) is 15.2. The number of fused-ring (bicyclic) bond motifs is 5. The number of amides is 1. The predicted molar refractivity (Wildman–Crippen MR) is 158 cm³/mol. The summed E-state index contributed by atoms with van der Waals surface area (Å²) in [5, 5.41) is 8.48. The van der Waals surface area contributed by atoms with Gasteiger partial charge < -0.3 is 20.0 Å². The van der Waals surface area contributed by atoms with Gasteiger partial charge in [0.25, 0.3) is 5.91 Å². The molecule has 2 aliphatic heterocycles. The van der Waals surface area contributed by atoms with Gasteiger partial charge >= 0.3 is 7.82 Å². The highest BCUT2D eigenvalue weighted by Gasteiger charge is 2.49. The maximum absolute atomic E-state index is 13.7. The van der Waals surface area contributed by atoms with Gasteiger partial charge in [-0.2, -0.15) is 9.49 Å². The Labute approximate surface area is 246 Å². The molecule has 1 aliphatic carbocycles. The van der Waals surface area contributed by atoms with E-state index in [2.05, 4.69) is 15.2 Å². The number of para-hydroxylation sites is 1. The molecule has 0 radical (unpaired) electrons. The molecule has 0 saturated heterocycles. The smallest absolute Gasteiger partial charge is 0.340 e. The zero-order chi connectivity index (χ0) is 30.3. The van der Waals surface area contributed by atoms with E-state index < -0.39 is 13.8 Å². The number of carbonyl (C=O) groups is 1. The molecule has 7 rings (SSSR count). The topological polar surface area (TPSA) is 156 Å². The van der Waals surface area contributed by atoms with Crippen LogP contribution in [0.5, 0.6) is 0 Å². The van der Waals surface area contributed by atoms with Crippen LogP contribution in [0.3, 0.4) is 0 Å². The fourth-order valence-electron chi connectivity index (χ4n) is 5.73. The third-order valence-corrected chi connectivity index (χ3v) is 7.59. The normalized spacial score (nSPS) is 18.8. The fourth-order valence-corrected chi connectivity index (χ4v) is 5.73. The van der Waals surface area contributed by atoms with Crippen LogP contribution in [0.4, 0.5) is 21.7 Å². The molecule has 4 aromatic rings. The Balaban J connectivity index is 0.000000611. The highest BCUT2D eigenvalue weighted by atomic mass is 31.2. The monoisotopic (exact) mass is 605 g/mol. The maximum Gasteiger partial charge on any atom is 0.466 e. The largest absolute Gasteiger partial charge is 0.466 e. The number of aromatic nitrogens is 3. The molecular formula is C29H29FN7O5P. The van der Waals surface area contributed by atoms with E-state index in [9.17, 15) is 9.18 Å². The van der Waals surface area contributed by atoms with Crippen molar-refractivity contribution in [2.24, 2.45) is 4.99 Å². The van der Waals surface area contributed by atoms with Crippen LogP contribution >= 0.6 is 7.82 Å². The van der Waals surface area contributed by atoms with Crippen molar-refractivity contribution in [3.8, 4) is 11.3 Å². The van der Waals surface area contributed by atoms with Gasteiger partial charge in [-0.3, -0.25) is 14.6 Å². The number of halogens is 1. The maximum atomic E-state index is 13.7. The van der Waals surface area contributed by atoms with E-state index in [0.717, 1.165) is 36.1 Å². The number of hydrogen-bond donors (Lipinski definition) is 4. The zero-order valence-electron chi connectivity index (χ0n) is 23.1. The average molecular weight is 606 g/mol. The Morgan fingerprint density at radius 1 is 1.00 bits per heavy atom. The van der Waals surface area contributed by atoms with E-state index in [0.29, 0.717) is 35.4 Å². The van der Waals surface area contributed by atoms with Crippen LogP contribution in [-0.4, -0.2) is 65.3 Å². The Morgan fingerprint density at radius 3 is 2.42 bits per heavy atom. The number of carbonyl (C=O) groups excluding carboxylic acids is 1. The van der Waals surface area contributed by atoms with Crippen LogP contribution in [0.1, 0.15) is 35.2 Å². The van der Waals surface area contributed by atoms with E-state index in [1.807, 2.05) is 59.3 Å². The fraction of sp³-hybridized carbons (Fsp3) is 0.241. The first-order chi connectivity index (χ1) is 20.6. The molecule has 2 atom stereocenters. The molecule has 4 heterocycles. The van der Waals surface area contributed by atoms with E-state index in [4.69, 9.17) is 29.3 Å². The van der Waals surface area contributed by atoms with Gasteiger partial charge in [-0.25, -0.2) is 19.2 Å². The number of hydrogen-bond acceptors (Lipinski definition) is 7. The van der Waals surface area contributed by atoms with Gasteiger partial charge in [0.2, 0.25) is 11.9 Å². The molecular weight excluding hydrogens is 576 g/mol. The Bertz CT molecular complexity index is 1730. The minimum Gasteiger partial charge on any atom is -0.340 e. The van der Waals surface area contributed by atoms with Crippen LogP contribution in [0.2, 0.25) is 0 Å². The lowest BCUT2D eigenvalue weighted by atomic mass is 10.1. The summed E-state index contributed by atoms with van der Waals surface area (Å²) in [5.41, 5.74) is 3.84. The van der Waals surface area contributed by atoms with Crippen molar-refractivity contribution < 1.29 is 28.4 Å². The van der Waals surface area contributed by atoms with E-state index >= 15 is 0 Å². The zero-order valence-corrected chi connectivity index (χ0v) is 24.0. The Kier molecular flexibility index (Phi) is 7.57. The van der Waals surface area contributed by atoms with Gasteiger partial charge in [0.15, 0.2) is 5.82 Å². The van der Waals surface area contributed by atoms with Crippen molar-refractivity contribution >= 4 is 37.0 Å². The molecule has 222 valence electrons. The number of phosphoric acid groups is 1. The van der Waals surface area contributed by atoms with Crippen LogP contribution in [-0.2, 0) is 11.1 Å². The average Bonchev–Trinajstić information content (AvgIpc) is 3.66. The molecule has 1 fully saturated rings. The molecule has 2 aromatic carbocycles. The van der Waals surface area contributed by atoms with Crippen molar-refractivity contribution in [2.75, 3.05) is 17.3 Å². The molecule has 0 bridgehead atoms. The number of benzene rings is 2. The van der Waals surface area contributed by atoms with Gasteiger partial charge in [0.05, 0.1) is 24.3 Å². The van der Waals surface area contributed by atoms with E-state index in [-0.39, 0.29) is 18.0 Å². The lowest BCUT2D eigenvalue weighted by Crippen LogP contribution is -2.51. The molecule has 1 saturated carbocycles. The van der Waals surface area contributed by atoms with Gasteiger partial charge in [0, 0.05) is 18.3 Å². The van der Waals surface area contributed by atoms with Crippen molar-refractivity contribution in [2.45, 2.75) is 37.9 Å². The molecule has 1 amide bonds. The number of anilines is 3. The van der Waals surface area contributed by atoms with Gasteiger partial charge in [-0.05, 0) is 49.1 Å². The summed E-state index contributed by atoms with van der Waals surface area (Å²) in [4.78, 5) is 47.9. The first-order valence-electron chi connectivity index (χ1n) is 13.6. The second-order valence-corrected chi connectivity index (χ2v) is 11.5. The van der Waals surface area contributed by atoms with Crippen molar-refractivity contribution in [3.05, 3.63) is 89.9 Å². The Hall–Kier alpha value is -4.42. The number of nitrogens with one attached hydrogen (secondary N) is 1. The quantitative estimate of drug-likeness (QED) is 0.194. The molecule has 4 N–H and O–H groups in total. The van der Waals surface area contributed by atoms with E-state index in [1.165, 1.54) is 6.07 Å². The van der Waals surface area contributed by atoms with Gasteiger partial charge in [-0.15, -0.1) is 0 Å². The predicted octanol–water partition coefficient (Wildman–Crippen LogP) is 4.13. The summed E-state index contributed by atoms with van der Waals surface area (Å²) in [7, 11) is -2.85. The minimum absolute atomic E-state index is 0.118. The standard InChI is InChI=1S/C29H26FN7O.H3O4P/c1-35-28(38)25-26(31-20-7-3-2-4-8-20)36(34-27(25)37-23-11-5-10-22(23)33-29(35)37)17-18-13-15-19(16-14-18)21-9-6-12-24(30)32-21;1-5(2,3)4/h2-4,6-9,12-16,22-23,31H,5,10-11,17H2,1H3;(H3,1,2,3,4). The molecule has 2 unspecified atom stereocenters. The first kappa shape index (κ1) is 28.7. The number of nitrogens with zero attached hydrogens (tertiary/aromatic N) is 6. The van der Waals surface area contributed by atoms with Crippen LogP contribution in [0.25, 0.3) is 11.3 Å². The molecule has 12 nitrogen and oxygen atoms in total. The third kappa shape index (κ3) is 5.93. The summed E-state index contributed by atoms with van der Waals surface area (Å²) in [5.74, 6) is 1.39. The lowest BCUT2D eigenvalue weighted by molar-refractivity contribution is 0.0865. The van der Waals surface area contributed by atoms with E-state index in [1.54, 1.807) is 24.1 Å². The Morgan fingerprint density at radius 2 is 1.72 bits per heavy atom. The third-order valence-electron chi connectivity index (χ3n) is 7.59.